The van der Waals surface area contributed by atoms with Crippen LogP contribution in [0.4, 0.5) is 8.78 Å². The molecule has 1 aromatic rings. The summed E-state index contributed by atoms with van der Waals surface area (Å²) in [6.07, 6.45) is 4.66. The Hall–Kier alpha value is -0.480. The van der Waals surface area contributed by atoms with Gasteiger partial charge in [0.15, 0.2) is 0 Å². The molecule has 1 N–H and O–H groups in total. The van der Waals surface area contributed by atoms with Gasteiger partial charge in [-0.05, 0) is 46.3 Å². The van der Waals surface area contributed by atoms with Crippen molar-refractivity contribution >= 4 is 15.9 Å². The van der Waals surface area contributed by atoms with Gasteiger partial charge >= 0.3 is 0 Å². The van der Waals surface area contributed by atoms with Crippen LogP contribution in [-0.4, -0.2) is 6.04 Å². The third-order valence-corrected chi connectivity index (χ3v) is 4.78. The standard InChI is InChI=1S/C15H20BrF2N/c1-15(2)8-4-3-5-13(15)19-9-10-12(17)7-6-11(16)14(10)18/h6-7,13,19H,3-5,8-9H2,1-2H3. The van der Waals surface area contributed by atoms with E-state index in [1.807, 2.05) is 0 Å². The van der Waals surface area contributed by atoms with E-state index < -0.39 is 11.6 Å². The lowest BCUT2D eigenvalue weighted by Gasteiger charge is -2.39. The lowest BCUT2D eigenvalue weighted by atomic mass is 9.73. The topological polar surface area (TPSA) is 12.0 Å². The molecule has 1 aliphatic carbocycles. The Bertz CT molecular complexity index is 460. The summed E-state index contributed by atoms with van der Waals surface area (Å²) in [4.78, 5) is 0. The van der Waals surface area contributed by atoms with Gasteiger partial charge in [-0.25, -0.2) is 8.78 Å². The second-order valence-electron chi connectivity index (χ2n) is 5.99. The van der Waals surface area contributed by atoms with Crippen molar-refractivity contribution in [1.29, 1.82) is 0 Å². The Morgan fingerprint density at radius 2 is 2.05 bits per heavy atom. The van der Waals surface area contributed by atoms with Crippen LogP contribution in [0.1, 0.15) is 45.1 Å². The molecule has 1 fully saturated rings. The third kappa shape index (κ3) is 3.34. The number of nitrogens with one attached hydrogen (secondary N) is 1. The number of hydrogen-bond acceptors (Lipinski definition) is 1. The zero-order valence-corrected chi connectivity index (χ0v) is 13.0. The highest BCUT2D eigenvalue weighted by atomic mass is 79.9. The molecule has 106 valence electrons. The fourth-order valence-electron chi connectivity index (χ4n) is 2.83. The summed E-state index contributed by atoms with van der Waals surface area (Å²) in [6.45, 7) is 4.68. The predicted octanol–water partition coefficient (Wildman–Crippen LogP) is 4.79. The fourth-order valence-corrected chi connectivity index (χ4v) is 3.20. The first-order valence-electron chi connectivity index (χ1n) is 6.77. The van der Waals surface area contributed by atoms with Crippen molar-refractivity contribution in [1.82, 2.24) is 5.32 Å². The first-order chi connectivity index (χ1) is 8.92. The minimum atomic E-state index is -0.499. The summed E-state index contributed by atoms with van der Waals surface area (Å²) < 4.78 is 27.9. The van der Waals surface area contributed by atoms with Gasteiger partial charge in [0.2, 0.25) is 0 Å². The molecule has 0 amide bonds. The summed E-state index contributed by atoms with van der Waals surface area (Å²) in [5, 5.41) is 3.34. The van der Waals surface area contributed by atoms with Gasteiger partial charge in [0.05, 0.1) is 4.47 Å². The normalized spacial score (nSPS) is 22.5. The Morgan fingerprint density at radius 3 is 2.74 bits per heavy atom. The van der Waals surface area contributed by atoms with Crippen LogP contribution in [0.5, 0.6) is 0 Å². The first-order valence-corrected chi connectivity index (χ1v) is 7.57. The molecule has 4 heteroatoms. The smallest absolute Gasteiger partial charge is 0.144 e. The van der Waals surface area contributed by atoms with Crippen LogP contribution in [0.3, 0.4) is 0 Å². The summed E-state index contributed by atoms with van der Waals surface area (Å²) >= 11 is 3.10. The monoisotopic (exact) mass is 331 g/mol. The largest absolute Gasteiger partial charge is 0.309 e. The second-order valence-corrected chi connectivity index (χ2v) is 6.84. The van der Waals surface area contributed by atoms with Gasteiger partial charge in [0.25, 0.3) is 0 Å². The van der Waals surface area contributed by atoms with Gasteiger partial charge in [0, 0.05) is 18.2 Å². The van der Waals surface area contributed by atoms with Gasteiger partial charge < -0.3 is 5.32 Å². The number of benzene rings is 1. The van der Waals surface area contributed by atoms with Crippen LogP contribution < -0.4 is 5.32 Å². The maximum Gasteiger partial charge on any atom is 0.144 e. The predicted molar refractivity (Wildman–Crippen MR) is 76.9 cm³/mol. The zero-order valence-electron chi connectivity index (χ0n) is 11.4. The van der Waals surface area contributed by atoms with E-state index in [1.54, 1.807) is 0 Å². The van der Waals surface area contributed by atoms with Crippen molar-refractivity contribution in [2.45, 2.75) is 52.1 Å². The molecule has 1 unspecified atom stereocenters. The van der Waals surface area contributed by atoms with Crippen LogP contribution in [0, 0.1) is 17.0 Å². The Labute approximate surface area is 121 Å². The molecule has 0 spiro atoms. The fraction of sp³-hybridized carbons (Fsp3) is 0.600. The zero-order chi connectivity index (χ0) is 14.0. The van der Waals surface area contributed by atoms with Crippen molar-refractivity contribution in [3.63, 3.8) is 0 Å². The lowest BCUT2D eigenvalue weighted by molar-refractivity contribution is 0.166. The van der Waals surface area contributed by atoms with E-state index in [0.717, 1.165) is 12.8 Å². The van der Waals surface area contributed by atoms with Crippen LogP contribution >= 0.6 is 15.9 Å². The molecular weight excluding hydrogens is 312 g/mol. The van der Waals surface area contributed by atoms with E-state index in [1.165, 1.54) is 25.0 Å². The van der Waals surface area contributed by atoms with Crippen LogP contribution in [-0.2, 0) is 6.54 Å². The summed E-state index contributed by atoms with van der Waals surface area (Å²) in [5.74, 6) is -0.983. The van der Waals surface area contributed by atoms with E-state index in [2.05, 4.69) is 35.1 Å². The van der Waals surface area contributed by atoms with Crippen molar-refractivity contribution in [3.8, 4) is 0 Å². The molecule has 1 aromatic carbocycles. The average molecular weight is 332 g/mol. The molecule has 19 heavy (non-hydrogen) atoms. The highest BCUT2D eigenvalue weighted by molar-refractivity contribution is 9.10. The van der Waals surface area contributed by atoms with Gasteiger partial charge in [-0.3, -0.25) is 0 Å². The van der Waals surface area contributed by atoms with Gasteiger partial charge in [-0.2, -0.15) is 0 Å². The van der Waals surface area contributed by atoms with Gasteiger partial charge in [-0.15, -0.1) is 0 Å². The molecule has 0 aliphatic heterocycles. The van der Waals surface area contributed by atoms with E-state index in [0.29, 0.717) is 10.5 Å². The molecule has 0 bridgehead atoms. The molecule has 1 atom stereocenters. The van der Waals surface area contributed by atoms with Gasteiger partial charge in [0.1, 0.15) is 11.6 Å². The molecule has 1 nitrogen and oxygen atoms in total. The van der Waals surface area contributed by atoms with Crippen molar-refractivity contribution in [3.05, 3.63) is 33.8 Å². The summed E-state index contributed by atoms with van der Waals surface area (Å²) in [7, 11) is 0. The molecule has 0 aromatic heterocycles. The summed E-state index contributed by atoms with van der Waals surface area (Å²) in [5.41, 5.74) is 0.313. The number of halogens is 3. The Kier molecular flexibility index (Phi) is 4.62. The highest BCUT2D eigenvalue weighted by Crippen LogP contribution is 2.35. The molecular formula is C15H20BrF2N. The Balaban J connectivity index is 2.08. The van der Waals surface area contributed by atoms with E-state index in [-0.39, 0.29) is 17.5 Å². The quantitative estimate of drug-likeness (QED) is 0.785. The molecule has 1 aliphatic rings. The molecule has 2 rings (SSSR count). The highest BCUT2D eigenvalue weighted by Gasteiger charge is 2.31. The lowest BCUT2D eigenvalue weighted by Crippen LogP contribution is -2.43. The average Bonchev–Trinajstić information content (AvgIpc) is 2.35. The van der Waals surface area contributed by atoms with E-state index >= 15 is 0 Å². The van der Waals surface area contributed by atoms with E-state index in [4.69, 9.17) is 0 Å². The van der Waals surface area contributed by atoms with Gasteiger partial charge in [-0.1, -0.05) is 26.7 Å². The third-order valence-electron chi connectivity index (χ3n) is 4.17. The second kappa shape index (κ2) is 5.88. The van der Waals surface area contributed by atoms with Crippen molar-refractivity contribution in [2.24, 2.45) is 5.41 Å². The van der Waals surface area contributed by atoms with Crippen LogP contribution in [0.2, 0.25) is 0 Å². The van der Waals surface area contributed by atoms with Crippen LogP contribution in [0.25, 0.3) is 0 Å². The molecule has 0 saturated heterocycles. The van der Waals surface area contributed by atoms with E-state index in [9.17, 15) is 8.78 Å². The maximum atomic E-state index is 13.9. The molecule has 1 saturated carbocycles. The maximum absolute atomic E-state index is 13.9. The van der Waals surface area contributed by atoms with Crippen molar-refractivity contribution < 1.29 is 8.78 Å². The van der Waals surface area contributed by atoms with Crippen molar-refractivity contribution in [2.75, 3.05) is 0 Å². The molecule has 0 heterocycles. The number of rotatable bonds is 3. The summed E-state index contributed by atoms with van der Waals surface area (Å²) in [6, 6.07) is 3.02. The minimum absolute atomic E-state index is 0.121. The molecule has 0 radical (unpaired) electrons. The minimum Gasteiger partial charge on any atom is -0.309 e. The number of hydrogen-bond donors (Lipinski definition) is 1. The first kappa shape index (κ1) is 14.9. The van der Waals surface area contributed by atoms with Crippen LogP contribution in [0.15, 0.2) is 16.6 Å². The SMILES string of the molecule is CC1(C)CCCCC1NCc1c(F)ccc(Br)c1F. The Morgan fingerprint density at radius 1 is 1.32 bits per heavy atom.